The summed E-state index contributed by atoms with van der Waals surface area (Å²) in [6, 6.07) is 13.1. The van der Waals surface area contributed by atoms with Crippen LogP contribution in [-0.4, -0.2) is 38.7 Å². The molecule has 1 aliphatic rings. The molecule has 4 aromatic rings. The highest BCUT2D eigenvalue weighted by molar-refractivity contribution is 6.07. The predicted octanol–water partition coefficient (Wildman–Crippen LogP) is 5.68. The zero-order chi connectivity index (χ0) is 21.9. The van der Waals surface area contributed by atoms with E-state index in [1.165, 1.54) is 43.5 Å². The zero-order valence-electron chi connectivity index (χ0n) is 18.7. The second-order valence-electron chi connectivity index (χ2n) is 8.97. The van der Waals surface area contributed by atoms with Crippen LogP contribution in [0.25, 0.3) is 33.1 Å². The molecule has 3 aromatic heterocycles. The number of piperidine rings is 1. The number of nitrogens with one attached hydrogen (secondary N) is 1. The normalized spacial score (nSPS) is 14.9. The molecule has 0 atom stereocenters. The standard InChI is InChI=1S/C27H30N4O/c1-2-6-23(32)14-22-15-24-25-13-21(16-29-27(25)30-26(24)17-28-22)20-9-7-19(8-10-20)18-31-11-4-3-5-12-31/h7-10,13,15-17H,2-6,11-12,14,18H2,1H3,(H,29,30). The van der Waals surface area contributed by atoms with E-state index in [-0.39, 0.29) is 5.78 Å². The molecule has 1 fully saturated rings. The number of nitrogens with zero attached hydrogens (tertiary/aromatic N) is 3. The third-order valence-corrected chi connectivity index (χ3v) is 6.44. The number of carbonyl (C=O) groups excluding carboxylic acids is 1. The van der Waals surface area contributed by atoms with Crippen LogP contribution in [-0.2, 0) is 17.8 Å². The van der Waals surface area contributed by atoms with E-state index in [9.17, 15) is 4.79 Å². The Morgan fingerprint density at radius 1 is 0.969 bits per heavy atom. The molecule has 0 radical (unpaired) electrons. The monoisotopic (exact) mass is 426 g/mol. The van der Waals surface area contributed by atoms with Crippen molar-refractivity contribution in [3.05, 3.63) is 60.0 Å². The van der Waals surface area contributed by atoms with Gasteiger partial charge in [-0.1, -0.05) is 37.6 Å². The lowest BCUT2D eigenvalue weighted by molar-refractivity contribution is -0.118. The number of likely N-dealkylation sites (tertiary alicyclic amines) is 1. The molecule has 1 aromatic carbocycles. The number of benzene rings is 1. The maximum absolute atomic E-state index is 12.1. The van der Waals surface area contributed by atoms with E-state index in [0.29, 0.717) is 12.8 Å². The molecule has 5 heteroatoms. The second kappa shape index (κ2) is 9.21. The van der Waals surface area contributed by atoms with Crippen molar-refractivity contribution in [2.45, 2.75) is 52.0 Å². The van der Waals surface area contributed by atoms with Gasteiger partial charge in [-0.25, -0.2) is 4.98 Å². The summed E-state index contributed by atoms with van der Waals surface area (Å²) in [5, 5.41) is 2.15. The predicted molar refractivity (Wildman–Crippen MR) is 130 cm³/mol. The Morgan fingerprint density at radius 3 is 2.56 bits per heavy atom. The van der Waals surface area contributed by atoms with Gasteiger partial charge in [-0.05, 0) is 55.6 Å². The highest BCUT2D eigenvalue weighted by Gasteiger charge is 2.12. The quantitative estimate of drug-likeness (QED) is 0.413. The maximum Gasteiger partial charge on any atom is 0.138 e. The Bertz CT molecular complexity index is 1240. The van der Waals surface area contributed by atoms with Crippen molar-refractivity contribution in [1.82, 2.24) is 19.9 Å². The number of ketones is 1. The van der Waals surface area contributed by atoms with Gasteiger partial charge in [0.05, 0.1) is 11.7 Å². The SMILES string of the molecule is CCCC(=O)Cc1cc2c(cn1)[nH]c1ncc(-c3ccc(CN4CCCCC4)cc3)cc12. The number of rotatable bonds is 7. The smallest absolute Gasteiger partial charge is 0.138 e. The van der Waals surface area contributed by atoms with E-state index in [2.05, 4.69) is 50.2 Å². The summed E-state index contributed by atoms with van der Waals surface area (Å²) in [5.74, 6) is 0.239. The largest absolute Gasteiger partial charge is 0.338 e. The van der Waals surface area contributed by atoms with Crippen LogP contribution in [0.4, 0.5) is 0 Å². The number of hydrogen-bond acceptors (Lipinski definition) is 4. The molecular formula is C27H30N4O. The molecule has 0 aliphatic carbocycles. The van der Waals surface area contributed by atoms with Gasteiger partial charge in [-0.3, -0.25) is 14.7 Å². The number of aromatic amines is 1. The van der Waals surface area contributed by atoms with Gasteiger partial charge >= 0.3 is 0 Å². The fourth-order valence-corrected chi connectivity index (χ4v) is 4.72. The lowest BCUT2D eigenvalue weighted by Crippen LogP contribution is -2.28. The third-order valence-electron chi connectivity index (χ3n) is 6.44. The van der Waals surface area contributed by atoms with Crippen LogP contribution in [0.5, 0.6) is 0 Å². The lowest BCUT2D eigenvalue weighted by Gasteiger charge is -2.26. The van der Waals surface area contributed by atoms with E-state index in [1.807, 2.05) is 25.4 Å². The Morgan fingerprint density at radius 2 is 1.78 bits per heavy atom. The van der Waals surface area contributed by atoms with E-state index in [4.69, 9.17) is 0 Å². The van der Waals surface area contributed by atoms with Gasteiger partial charge in [-0.2, -0.15) is 0 Å². The highest BCUT2D eigenvalue weighted by atomic mass is 16.1. The van der Waals surface area contributed by atoms with Gasteiger partial charge in [0.15, 0.2) is 0 Å². The minimum atomic E-state index is 0.239. The highest BCUT2D eigenvalue weighted by Crippen LogP contribution is 2.29. The average molecular weight is 427 g/mol. The zero-order valence-corrected chi connectivity index (χ0v) is 18.7. The Labute approximate surface area is 188 Å². The van der Waals surface area contributed by atoms with E-state index < -0.39 is 0 Å². The number of carbonyl (C=O) groups is 1. The molecule has 0 amide bonds. The summed E-state index contributed by atoms with van der Waals surface area (Å²) < 4.78 is 0. The van der Waals surface area contributed by atoms with E-state index in [1.54, 1.807) is 0 Å². The van der Waals surface area contributed by atoms with Crippen molar-refractivity contribution < 1.29 is 4.79 Å². The molecule has 0 unspecified atom stereocenters. The first kappa shape index (κ1) is 20.8. The van der Waals surface area contributed by atoms with Crippen LogP contribution in [0.2, 0.25) is 0 Å². The van der Waals surface area contributed by atoms with Crippen LogP contribution < -0.4 is 0 Å². The number of fused-ring (bicyclic) bond motifs is 3. The molecule has 0 bridgehead atoms. The van der Waals surface area contributed by atoms with Gasteiger partial charge in [0, 0.05) is 47.6 Å². The second-order valence-corrected chi connectivity index (χ2v) is 8.97. The van der Waals surface area contributed by atoms with Crippen LogP contribution >= 0.6 is 0 Å². The van der Waals surface area contributed by atoms with Gasteiger partial charge in [-0.15, -0.1) is 0 Å². The van der Waals surface area contributed by atoms with Gasteiger partial charge in [0.2, 0.25) is 0 Å². The molecule has 1 N–H and O–H groups in total. The van der Waals surface area contributed by atoms with Crippen LogP contribution in [0.15, 0.2) is 48.8 Å². The minimum absolute atomic E-state index is 0.239. The molecule has 5 rings (SSSR count). The van der Waals surface area contributed by atoms with Crippen LogP contribution in [0, 0.1) is 0 Å². The van der Waals surface area contributed by atoms with Crippen molar-refractivity contribution in [2.75, 3.05) is 13.1 Å². The number of aromatic nitrogens is 3. The van der Waals surface area contributed by atoms with Gasteiger partial charge in [0.1, 0.15) is 11.4 Å². The summed E-state index contributed by atoms with van der Waals surface area (Å²) in [6.45, 7) is 5.49. The fraction of sp³-hybridized carbons (Fsp3) is 0.370. The number of hydrogen-bond donors (Lipinski definition) is 1. The summed E-state index contributed by atoms with van der Waals surface area (Å²) >= 11 is 0. The molecule has 164 valence electrons. The summed E-state index contributed by atoms with van der Waals surface area (Å²) in [6.07, 6.45) is 9.62. The number of Topliss-reactive ketones (excluding diaryl/α,β-unsaturated/α-hetero) is 1. The Kier molecular flexibility index (Phi) is 5.99. The van der Waals surface area contributed by atoms with Crippen molar-refractivity contribution in [2.24, 2.45) is 0 Å². The van der Waals surface area contributed by atoms with Gasteiger partial charge < -0.3 is 4.98 Å². The van der Waals surface area contributed by atoms with Crippen molar-refractivity contribution in [3.63, 3.8) is 0 Å². The average Bonchev–Trinajstić information content (AvgIpc) is 3.18. The lowest BCUT2D eigenvalue weighted by atomic mass is 10.0. The van der Waals surface area contributed by atoms with Gasteiger partial charge in [0.25, 0.3) is 0 Å². The fourth-order valence-electron chi connectivity index (χ4n) is 4.72. The summed E-state index contributed by atoms with van der Waals surface area (Å²) in [4.78, 5) is 27.1. The number of H-pyrrole nitrogens is 1. The summed E-state index contributed by atoms with van der Waals surface area (Å²) in [7, 11) is 0. The van der Waals surface area contributed by atoms with E-state index in [0.717, 1.165) is 46.2 Å². The van der Waals surface area contributed by atoms with Crippen molar-refractivity contribution >= 4 is 27.7 Å². The van der Waals surface area contributed by atoms with Crippen LogP contribution in [0.1, 0.15) is 50.3 Å². The maximum atomic E-state index is 12.1. The molecule has 1 saturated heterocycles. The first-order valence-corrected chi connectivity index (χ1v) is 11.8. The third kappa shape index (κ3) is 4.44. The molecule has 1 aliphatic heterocycles. The van der Waals surface area contributed by atoms with Crippen molar-refractivity contribution in [3.8, 4) is 11.1 Å². The Balaban J connectivity index is 1.41. The molecule has 5 nitrogen and oxygen atoms in total. The summed E-state index contributed by atoms with van der Waals surface area (Å²) in [5.41, 5.74) is 6.26. The molecular weight excluding hydrogens is 396 g/mol. The molecule has 0 spiro atoms. The van der Waals surface area contributed by atoms with Crippen LogP contribution in [0.3, 0.4) is 0 Å². The molecule has 0 saturated carbocycles. The van der Waals surface area contributed by atoms with Crippen molar-refractivity contribution in [1.29, 1.82) is 0 Å². The molecule has 32 heavy (non-hydrogen) atoms. The topological polar surface area (TPSA) is 61.9 Å². The Hall–Kier alpha value is -3.05. The van der Waals surface area contributed by atoms with E-state index >= 15 is 0 Å². The minimum Gasteiger partial charge on any atom is -0.338 e. The number of pyridine rings is 2. The first-order chi connectivity index (χ1) is 15.7. The molecule has 4 heterocycles. The first-order valence-electron chi connectivity index (χ1n) is 11.8.